The molecule has 156 valence electrons. The number of fused-ring (bicyclic) bond motifs is 3. The van der Waals surface area contributed by atoms with E-state index in [4.69, 9.17) is 9.84 Å². The highest BCUT2D eigenvalue weighted by Gasteiger charge is 2.63. The molecular weight excluding hydrogens is 384 g/mol. The standard InChI is InChI=1S/C24H30O4S/c1-13-9-15(6-8-20(13)28-12-16(26)11-25)5-7-19(27)23-17-10-18-22(24(18,3)4)21(17)14(2)29-23/h6,8-9,16,18,22,25-26H,5,7,10-12H2,1-4H3/t16-,18-,22-/m1/s1. The number of benzene rings is 1. The first-order valence-corrected chi connectivity index (χ1v) is 11.2. The summed E-state index contributed by atoms with van der Waals surface area (Å²) in [5, 5.41) is 18.3. The van der Waals surface area contributed by atoms with E-state index in [1.165, 1.54) is 16.0 Å². The second-order valence-electron chi connectivity index (χ2n) is 9.16. The van der Waals surface area contributed by atoms with Gasteiger partial charge in [0, 0.05) is 11.3 Å². The molecule has 2 aliphatic carbocycles. The van der Waals surface area contributed by atoms with Crippen LogP contribution in [0.3, 0.4) is 0 Å². The van der Waals surface area contributed by atoms with Crippen molar-refractivity contribution < 1.29 is 19.7 Å². The molecule has 2 aromatic rings. The summed E-state index contributed by atoms with van der Waals surface area (Å²) >= 11 is 1.69. The highest BCUT2D eigenvalue weighted by Crippen LogP contribution is 2.71. The Labute approximate surface area is 176 Å². The van der Waals surface area contributed by atoms with E-state index in [2.05, 4.69) is 20.8 Å². The Morgan fingerprint density at radius 1 is 1.34 bits per heavy atom. The zero-order valence-corrected chi connectivity index (χ0v) is 18.4. The second-order valence-corrected chi connectivity index (χ2v) is 10.4. The van der Waals surface area contributed by atoms with Crippen molar-refractivity contribution in [2.24, 2.45) is 11.3 Å². The van der Waals surface area contributed by atoms with Crippen molar-refractivity contribution in [2.45, 2.75) is 59.0 Å². The van der Waals surface area contributed by atoms with Crippen molar-refractivity contribution in [2.75, 3.05) is 13.2 Å². The van der Waals surface area contributed by atoms with Gasteiger partial charge >= 0.3 is 0 Å². The van der Waals surface area contributed by atoms with Gasteiger partial charge in [-0.1, -0.05) is 26.0 Å². The number of ketones is 1. The summed E-state index contributed by atoms with van der Waals surface area (Å²) in [7, 11) is 0. The number of hydrogen-bond donors (Lipinski definition) is 2. The predicted molar refractivity (Wildman–Crippen MR) is 115 cm³/mol. The molecule has 5 heteroatoms. The highest BCUT2D eigenvalue weighted by molar-refractivity contribution is 7.14. The number of hydrogen-bond acceptors (Lipinski definition) is 5. The summed E-state index contributed by atoms with van der Waals surface area (Å²) in [6, 6.07) is 5.89. The van der Waals surface area contributed by atoms with Crippen molar-refractivity contribution in [3.8, 4) is 5.75 Å². The first-order valence-electron chi connectivity index (χ1n) is 10.4. The van der Waals surface area contributed by atoms with Crippen molar-refractivity contribution in [1.82, 2.24) is 0 Å². The molecule has 0 unspecified atom stereocenters. The Hall–Kier alpha value is -1.69. The average molecular weight is 415 g/mol. The third kappa shape index (κ3) is 3.65. The molecule has 0 aliphatic heterocycles. The van der Waals surface area contributed by atoms with Crippen LogP contribution in [0.2, 0.25) is 0 Å². The first kappa shape index (κ1) is 20.6. The number of aryl methyl sites for hydroxylation is 3. The van der Waals surface area contributed by atoms with Crippen molar-refractivity contribution in [1.29, 1.82) is 0 Å². The second kappa shape index (κ2) is 7.53. The molecule has 0 amide bonds. The van der Waals surface area contributed by atoms with Crippen LogP contribution in [0.1, 0.15) is 63.0 Å². The molecule has 0 saturated heterocycles. The van der Waals surface area contributed by atoms with Crippen LogP contribution in [0, 0.1) is 25.2 Å². The van der Waals surface area contributed by atoms with Gasteiger partial charge < -0.3 is 14.9 Å². The van der Waals surface area contributed by atoms with Crippen LogP contribution in [0.4, 0.5) is 0 Å². The van der Waals surface area contributed by atoms with Crippen LogP contribution in [0.15, 0.2) is 18.2 Å². The van der Waals surface area contributed by atoms with Crippen LogP contribution < -0.4 is 4.74 Å². The zero-order chi connectivity index (χ0) is 20.9. The van der Waals surface area contributed by atoms with E-state index in [0.29, 0.717) is 29.9 Å². The molecule has 2 aliphatic rings. The van der Waals surface area contributed by atoms with Gasteiger partial charge in [-0.25, -0.2) is 0 Å². The maximum atomic E-state index is 13.0. The summed E-state index contributed by atoms with van der Waals surface area (Å²) in [5.74, 6) is 2.35. The number of carbonyl (C=O) groups is 1. The van der Waals surface area contributed by atoms with Crippen LogP contribution in [0.5, 0.6) is 5.75 Å². The van der Waals surface area contributed by atoms with Crippen LogP contribution in [-0.4, -0.2) is 35.3 Å². The lowest BCUT2D eigenvalue weighted by Gasteiger charge is -2.13. The minimum Gasteiger partial charge on any atom is -0.491 e. The largest absolute Gasteiger partial charge is 0.491 e. The lowest BCUT2D eigenvalue weighted by Crippen LogP contribution is -2.21. The number of rotatable bonds is 8. The molecule has 0 bridgehead atoms. The summed E-state index contributed by atoms with van der Waals surface area (Å²) in [4.78, 5) is 15.3. The fourth-order valence-corrected chi connectivity index (χ4v) is 6.19. The molecular formula is C24H30O4S. The lowest BCUT2D eigenvalue weighted by atomic mass is 9.94. The highest BCUT2D eigenvalue weighted by atomic mass is 32.1. The summed E-state index contributed by atoms with van der Waals surface area (Å²) in [5.41, 5.74) is 5.31. The van der Waals surface area contributed by atoms with Gasteiger partial charge in [0.1, 0.15) is 18.5 Å². The van der Waals surface area contributed by atoms with E-state index in [0.717, 1.165) is 28.3 Å². The van der Waals surface area contributed by atoms with Gasteiger partial charge in [0.2, 0.25) is 0 Å². The number of ether oxygens (including phenoxy) is 1. The minimum absolute atomic E-state index is 0.0663. The number of Topliss-reactive ketones (excluding diaryl/α,β-unsaturated/α-hetero) is 1. The van der Waals surface area contributed by atoms with E-state index >= 15 is 0 Å². The predicted octanol–water partition coefficient (Wildman–Crippen LogP) is 4.21. The Kier molecular flexibility index (Phi) is 5.34. The van der Waals surface area contributed by atoms with Crippen molar-refractivity contribution in [3.63, 3.8) is 0 Å². The number of carbonyl (C=O) groups excluding carboxylic acids is 1. The number of thiophene rings is 1. The Morgan fingerprint density at radius 2 is 2.10 bits per heavy atom. The minimum atomic E-state index is -0.876. The van der Waals surface area contributed by atoms with Crippen molar-refractivity contribution >= 4 is 17.1 Å². The van der Waals surface area contributed by atoms with E-state index in [9.17, 15) is 9.90 Å². The SMILES string of the molecule is Cc1cc(CCC(=O)c2sc(C)c3c2C[C@@H]2[C@H]3C2(C)C)ccc1OC[C@H](O)CO. The molecule has 1 heterocycles. The maximum absolute atomic E-state index is 13.0. The zero-order valence-electron chi connectivity index (χ0n) is 17.6. The fourth-order valence-electron chi connectivity index (χ4n) is 5.00. The van der Waals surface area contributed by atoms with Crippen LogP contribution in [0.25, 0.3) is 0 Å². The molecule has 4 rings (SSSR count). The normalized spacial score (nSPS) is 22.1. The third-order valence-corrected chi connectivity index (χ3v) is 8.00. The van der Waals surface area contributed by atoms with Crippen LogP contribution in [-0.2, 0) is 12.8 Å². The van der Waals surface area contributed by atoms with Gasteiger partial charge in [0.05, 0.1) is 11.5 Å². The molecule has 3 atom stereocenters. The maximum Gasteiger partial charge on any atom is 0.173 e. The summed E-state index contributed by atoms with van der Waals surface area (Å²) in [6.07, 6.45) is 1.43. The van der Waals surface area contributed by atoms with Crippen LogP contribution >= 0.6 is 11.3 Å². The molecule has 4 nitrogen and oxygen atoms in total. The molecule has 1 aromatic heterocycles. The van der Waals surface area contributed by atoms with Crippen molar-refractivity contribution in [3.05, 3.63) is 50.2 Å². The smallest absolute Gasteiger partial charge is 0.173 e. The Bertz CT molecular complexity index is 943. The molecule has 2 N–H and O–H groups in total. The molecule has 1 fully saturated rings. The quantitative estimate of drug-likeness (QED) is 0.635. The van der Waals surface area contributed by atoms with E-state index in [-0.39, 0.29) is 19.0 Å². The van der Waals surface area contributed by atoms with Gasteiger partial charge in [-0.3, -0.25) is 4.79 Å². The van der Waals surface area contributed by atoms with E-state index in [1.807, 2.05) is 25.1 Å². The Morgan fingerprint density at radius 3 is 2.79 bits per heavy atom. The Balaban J connectivity index is 1.39. The molecule has 29 heavy (non-hydrogen) atoms. The monoisotopic (exact) mass is 414 g/mol. The average Bonchev–Trinajstić information content (AvgIpc) is 3.02. The molecule has 1 saturated carbocycles. The lowest BCUT2D eigenvalue weighted by molar-refractivity contribution is 0.0534. The van der Waals surface area contributed by atoms with Gasteiger partial charge in [0.25, 0.3) is 0 Å². The molecule has 0 spiro atoms. The number of aliphatic hydroxyl groups is 2. The third-order valence-electron chi connectivity index (χ3n) is 6.79. The summed E-state index contributed by atoms with van der Waals surface area (Å²) in [6.45, 7) is 8.58. The van der Waals surface area contributed by atoms with Gasteiger partial charge in [-0.15, -0.1) is 11.3 Å². The van der Waals surface area contributed by atoms with Gasteiger partial charge in [-0.2, -0.15) is 0 Å². The first-order chi connectivity index (χ1) is 13.7. The van der Waals surface area contributed by atoms with E-state index in [1.54, 1.807) is 11.3 Å². The topological polar surface area (TPSA) is 66.8 Å². The van der Waals surface area contributed by atoms with Gasteiger partial charge in [0.15, 0.2) is 5.78 Å². The summed E-state index contributed by atoms with van der Waals surface area (Å²) < 4.78 is 5.55. The fraction of sp³-hybridized carbons (Fsp3) is 0.542. The van der Waals surface area contributed by atoms with E-state index < -0.39 is 6.10 Å². The molecule has 1 aromatic carbocycles. The number of aliphatic hydroxyl groups excluding tert-OH is 2. The van der Waals surface area contributed by atoms with Gasteiger partial charge in [-0.05, 0) is 72.3 Å². The molecule has 0 radical (unpaired) electrons.